The monoisotopic (exact) mass is 486 g/mol. The highest BCUT2D eigenvalue weighted by atomic mass is 32.1. The van der Waals surface area contributed by atoms with Crippen molar-refractivity contribution in [1.82, 2.24) is 4.98 Å². The van der Waals surface area contributed by atoms with Crippen LogP contribution in [0.1, 0.15) is 55.8 Å². The Morgan fingerprint density at radius 3 is 2.44 bits per heavy atom. The number of alkyl halides is 3. The van der Waals surface area contributed by atoms with E-state index < -0.39 is 28.9 Å². The van der Waals surface area contributed by atoms with Crippen LogP contribution in [-0.2, 0) is 22.2 Å². The van der Waals surface area contributed by atoms with Crippen LogP contribution in [0.2, 0.25) is 0 Å². The summed E-state index contributed by atoms with van der Waals surface area (Å²) >= 11 is 5.60. The summed E-state index contributed by atoms with van der Waals surface area (Å²) in [7, 11) is 0. The fourth-order valence-electron chi connectivity index (χ4n) is 4.44. The summed E-state index contributed by atoms with van der Waals surface area (Å²) in [5.74, 6) is -0.260. The van der Waals surface area contributed by atoms with Gasteiger partial charge < -0.3 is 9.69 Å². The lowest BCUT2D eigenvalue weighted by molar-refractivity contribution is -0.138. The molecule has 0 bridgehead atoms. The predicted molar refractivity (Wildman–Crippen MR) is 123 cm³/mol. The van der Waals surface area contributed by atoms with Gasteiger partial charge in [-0.15, -0.1) is 0 Å². The summed E-state index contributed by atoms with van der Waals surface area (Å²) in [6.45, 7) is 1.55. The summed E-state index contributed by atoms with van der Waals surface area (Å²) < 4.78 is 40.4. The number of amides is 1. The molecule has 6 nitrogen and oxygen atoms in total. The zero-order valence-electron chi connectivity index (χ0n) is 18.4. The SMILES string of the molecule is CC(=O)CCCc1ccc(N2C(=S)N(c3cnc(C#N)c(C(F)(F)F)c3)C(=O)C23CCC3)cc1. The summed E-state index contributed by atoms with van der Waals surface area (Å²) in [4.78, 5) is 31.1. The first kappa shape index (κ1) is 23.8. The molecule has 1 spiro atoms. The molecule has 34 heavy (non-hydrogen) atoms. The standard InChI is InChI=1S/C24H21F3N4O2S/c1-15(32)4-2-5-16-6-8-17(9-7-16)31-22(34)30(21(33)23(31)10-3-11-23)18-12-19(24(25,26)27)20(13-28)29-14-18/h6-9,12,14H,2-5,10-11H2,1H3. The Kier molecular flexibility index (Phi) is 6.16. The van der Waals surface area contributed by atoms with Gasteiger partial charge >= 0.3 is 6.18 Å². The third-order valence-electron chi connectivity index (χ3n) is 6.32. The van der Waals surface area contributed by atoms with Crippen LogP contribution in [-0.4, -0.2) is 27.3 Å². The minimum absolute atomic E-state index is 0.0775. The molecule has 2 aliphatic rings. The fraction of sp³-hybridized carbons (Fsp3) is 0.375. The number of ketones is 1. The Labute approximate surface area is 200 Å². The van der Waals surface area contributed by atoms with Gasteiger partial charge in [0.05, 0.1) is 17.4 Å². The van der Waals surface area contributed by atoms with Crippen LogP contribution < -0.4 is 9.80 Å². The van der Waals surface area contributed by atoms with Gasteiger partial charge in [0.1, 0.15) is 17.4 Å². The number of hydrogen-bond donors (Lipinski definition) is 0. The van der Waals surface area contributed by atoms with Crippen LogP contribution in [0.4, 0.5) is 24.5 Å². The Bertz CT molecular complexity index is 1200. The number of aromatic nitrogens is 1. The molecule has 0 unspecified atom stereocenters. The van der Waals surface area contributed by atoms with Crippen LogP contribution in [0.25, 0.3) is 0 Å². The number of pyridine rings is 1. The van der Waals surface area contributed by atoms with E-state index in [1.165, 1.54) is 6.07 Å². The highest BCUT2D eigenvalue weighted by Crippen LogP contribution is 2.48. The second-order valence-corrected chi connectivity index (χ2v) is 8.93. The predicted octanol–water partition coefficient (Wildman–Crippen LogP) is 4.94. The first-order valence-corrected chi connectivity index (χ1v) is 11.2. The smallest absolute Gasteiger partial charge is 0.303 e. The van der Waals surface area contributed by atoms with Gasteiger partial charge in [-0.2, -0.15) is 18.4 Å². The van der Waals surface area contributed by atoms with Crippen molar-refractivity contribution in [2.75, 3.05) is 9.80 Å². The van der Waals surface area contributed by atoms with E-state index in [1.54, 1.807) is 11.8 Å². The van der Waals surface area contributed by atoms with Gasteiger partial charge in [-0.1, -0.05) is 12.1 Å². The van der Waals surface area contributed by atoms with Crippen LogP contribution >= 0.6 is 12.2 Å². The van der Waals surface area contributed by atoms with Gasteiger partial charge in [0.25, 0.3) is 5.91 Å². The van der Waals surface area contributed by atoms with Crippen molar-refractivity contribution in [3.8, 4) is 6.07 Å². The molecule has 1 amide bonds. The molecule has 0 atom stereocenters. The lowest BCUT2D eigenvalue weighted by Crippen LogP contribution is -2.55. The molecule has 1 aliphatic carbocycles. The number of hydrogen-bond acceptors (Lipinski definition) is 5. The third kappa shape index (κ3) is 4.05. The number of nitrogens with zero attached hydrogens (tertiary/aromatic N) is 4. The Balaban J connectivity index is 1.67. The second kappa shape index (κ2) is 8.80. The van der Waals surface area contributed by atoms with E-state index in [0.29, 0.717) is 24.9 Å². The number of carbonyl (C=O) groups excluding carboxylic acids is 2. The van der Waals surface area contributed by atoms with E-state index >= 15 is 0 Å². The minimum atomic E-state index is -4.80. The molecule has 1 saturated carbocycles. The van der Waals surface area contributed by atoms with Crippen molar-refractivity contribution in [2.45, 2.75) is 57.2 Å². The maximum absolute atomic E-state index is 13.5. The summed E-state index contributed by atoms with van der Waals surface area (Å²) in [5.41, 5.74) is -1.32. The molecule has 2 aromatic rings. The molecule has 10 heteroatoms. The zero-order chi connectivity index (χ0) is 24.7. The molecule has 1 saturated heterocycles. The summed E-state index contributed by atoms with van der Waals surface area (Å²) in [6, 6.07) is 9.68. The molecule has 0 N–H and O–H groups in total. The van der Waals surface area contributed by atoms with Gasteiger partial charge in [-0.25, -0.2) is 4.98 Å². The maximum Gasteiger partial charge on any atom is 0.419 e. The quantitative estimate of drug-likeness (QED) is 0.538. The van der Waals surface area contributed by atoms with Crippen molar-refractivity contribution >= 4 is 40.4 Å². The topological polar surface area (TPSA) is 77.3 Å². The van der Waals surface area contributed by atoms with Gasteiger partial charge in [-0.05, 0) is 75.0 Å². The molecule has 1 aliphatic heterocycles. The fourth-order valence-corrected chi connectivity index (χ4v) is 4.91. The molecule has 2 fully saturated rings. The van der Waals surface area contributed by atoms with E-state index in [1.807, 2.05) is 24.3 Å². The van der Waals surface area contributed by atoms with Crippen LogP contribution in [0.5, 0.6) is 0 Å². The molecule has 0 radical (unpaired) electrons. The third-order valence-corrected chi connectivity index (χ3v) is 6.69. The van der Waals surface area contributed by atoms with Crippen molar-refractivity contribution < 1.29 is 22.8 Å². The van der Waals surface area contributed by atoms with Crippen LogP contribution in [0.15, 0.2) is 36.5 Å². The first-order valence-electron chi connectivity index (χ1n) is 10.8. The summed E-state index contributed by atoms with van der Waals surface area (Å²) in [5, 5.41) is 9.10. The number of anilines is 2. The van der Waals surface area contributed by atoms with E-state index in [2.05, 4.69) is 4.98 Å². The highest BCUT2D eigenvalue weighted by Gasteiger charge is 2.59. The Morgan fingerprint density at radius 2 is 1.91 bits per heavy atom. The van der Waals surface area contributed by atoms with Crippen LogP contribution in [0, 0.1) is 11.3 Å². The number of nitriles is 1. The van der Waals surface area contributed by atoms with Gasteiger partial charge in [0.2, 0.25) is 0 Å². The molecule has 2 heterocycles. The molecule has 176 valence electrons. The lowest BCUT2D eigenvalue weighted by atomic mass is 9.75. The Hall–Kier alpha value is -3.32. The molecule has 1 aromatic carbocycles. The van der Waals surface area contributed by atoms with Crippen molar-refractivity contribution in [2.24, 2.45) is 0 Å². The van der Waals surface area contributed by atoms with Gasteiger partial charge in [-0.3, -0.25) is 9.69 Å². The van der Waals surface area contributed by atoms with Crippen molar-refractivity contribution in [3.05, 3.63) is 53.3 Å². The average molecular weight is 487 g/mol. The first-order chi connectivity index (χ1) is 16.1. The van der Waals surface area contributed by atoms with E-state index in [9.17, 15) is 22.8 Å². The minimum Gasteiger partial charge on any atom is -0.303 e. The van der Waals surface area contributed by atoms with E-state index in [0.717, 1.165) is 42.0 Å². The Morgan fingerprint density at radius 1 is 1.24 bits per heavy atom. The van der Waals surface area contributed by atoms with Crippen molar-refractivity contribution in [3.63, 3.8) is 0 Å². The zero-order valence-corrected chi connectivity index (χ0v) is 19.2. The number of benzene rings is 1. The molecule has 1 aromatic heterocycles. The normalized spacial score (nSPS) is 17.1. The number of Topliss-reactive ketones (excluding diaryl/α,β-unsaturated/α-hetero) is 1. The molecular formula is C24H21F3N4O2S. The van der Waals surface area contributed by atoms with Crippen LogP contribution in [0.3, 0.4) is 0 Å². The molecular weight excluding hydrogens is 465 g/mol. The molecule has 4 rings (SSSR count). The maximum atomic E-state index is 13.5. The number of halogens is 3. The van der Waals surface area contributed by atoms with Gasteiger partial charge in [0.15, 0.2) is 10.8 Å². The number of carbonyl (C=O) groups is 2. The number of aryl methyl sites for hydroxylation is 1. The van der Waals surface area contributed by atoms with E-state index in [4.69, 9.17) is 17.5 Å². The van der Waals surface area contributed by atoms with Crippen molar-refractivity contribution in [1.29, 1.82) is 5.26 Å². The second-order valence-electron chi connectivity index (χ2n) is 8.56. The van der Waals surface area contributed by atoms with E-state index in [-0.39, 0.29) is 16.6 Å². The lowest BCUT2D eigenvalue weighted by Gasteiger charge is -2.43. The number of thiocarbonyl (C=S) groups is 1. The van der Waals surface area contributed by atoms with Gasteiger partial charge in [0, 0.05) is 12.1 Å². The number of rotatable bonds is 6. The largest absolute Gasteiger partial charge is 0.419 e. The summed E-state index contributed by atoms with van der Waals surface area (Å²) in [6.07, 6.45) is 0.0933. The highest BCUT2D eigenvalue weighted by molar-refractivity contribution is 7.81. The average Bonchev–Trinajstić information content (AvgIpc) is 3.00.